The normalized spacial score (nSPS) is 28.1. The van der Waals surface area contributed by atoms with Gasteiger partial charge >= 0.3 is 0 Å². The van der Waals surface area contributed by atoms with Crippen LogP contribution in [0.3, 0.4) is 0 Å². The molecule has 1 saturated carbocycles. The Morgan fingerprint density at radius 2 is 1.71 bits per heavy atom. The molecule has 2 rings (SSSR count). The van der Waals surface area contributed by atoms with Crippen molar-refractivity contribution in [3.8, 4) is 0 Å². The lowest BCUT2D eigenvalue weighted by molar-refractivity contribution is -0.131. The topological polar surface area (TPSA) is 32.8 Å². The summed E-state index contributed by atoms with van der Waals surface area (Å²) in [6, 6.07) is 0.659. The molecule has 2 aliphatic rings. The number of carbonyl (C=O) groups is 1. The van der Waals surface area contributed by atoms with E-state index >= 15 is 0 Å². The number of rotatable bonds is 7. The van der Waals surface area contributed by atoms with E-state index in [9.17, 15) is 4.79 Å². The Hall–Kier alpha value is -0.450. The van der Waals surface area contributed by atoms with Gasteiger partial charge in [0, 0.05) is 50.6 Å². The molecule has 0 unspecified atom stereocenters. The molecular weight excluding hydrogens is 264 g/mol. The van der Waals surface area contributed by atoms with Gasteiger partial charge in [-0.3, -0.25) is 14.6 Å². The number of ether oxygens (including phenoxy) is 1. The third-order valence-corrected chi connectivity index (χ3v) is 4.87. The fourth-order valence-corrected chi connectivity index (χ4v) is 3.36. The first kappa shape index (κ1) is 16.9. The number of hydrogen-bond acceptors (Lipinski definition) is 4. The maximum absolute atomic E-state index is 11.9. The van der Waals surface area contributed by atoms with Crippen LogP contribution in [0.1, 0.15) is 40.5 Å². The van der Waals surface area contributed by atoms with Gasteiger partial charge in [-0.15, -0.1) is 0 Å². The van der Waals surface area contributed by atoms with Crippen LogP contribution in [-0.2, 0) is 9.53 Å². The molecule has 0 radical (unpaired) electrons. The third kappa shape index (κ3) is 4.76. The van der Waals surface area contributed by atoms with Gasteiger partial charge < -0.3 is 4.74 Å². The first-order valence-corrected chi connectivity index (χ1v) is 8.59. The molecule has 122 valence electrons. The summed E-state index contributed by atoms with van der Waals surface area (Å²) in [4.78, 5) is 17.0. The molecule has 4 nitrogen and oxygen atoms in total. The van der Waals surface area contributed by atoms with E-state index in [4.69, 9.17) is 4.74 Å². The summed E-state index contributed by atoms with van der Waals surface area (Å²) >= 11 is 0. The highest BCUT2D eigenvalue weighted by Gasteiger charge is 2.39. The van der Waals surface area contributed by atoms with E-state index in [0.29, 0.717) is 23.8 Å². The zero-order chi connectivity index (χ0) is 15.4. The predicted octanol–water partition coefficient (Wildman–Crippen LogP) is 2.03. The Bertz CT molecular complexity index is 330. The van der Waals surface area contributed by atoms with Gasteiger partial charge in [-0.2, -0.15) is 0 Å². The maximum atomic E-state index is 11.9. The van der Waals surface area contributed by atoms with Gasteiger partial charge in [0.05, 0.1) is 12.7 Å². The molecular formula is C17H32N2O2. The van der Waals surface area contributed by atoms with Gasteiger partial charge in [-0.25, -0.2) is 0 Å². The van der Waals surface area contributed by atoms with E-state index in [2.05, 4.69) is 23.6 Å². The Morgan fingerprint density at radius 3 is 2.24 bits per heavy atom. The molecule has 0 aromatic carbocycles. The van der Waals surface area contributed by atoms with Crippen molar-refractivity contribution < 1.29 is 9.53 Å². The Labute approximate surface area is 129 Å². The molecule has 4 heteroatoms. The van der Waals surface area contributed by atoms with Gasteiger partial charge in [0.2, 0.25) is 0 Å². The molecule has 2 fully saturated rings. The number of ketones is 1. The molecule has 1 saturated heterocycles. The van der Waals surface area contributed by atoms with E-state index in [-0.39, 0.29) is 5.92 Å². The van der Waals surface area contributed by atoms with Gasteiger partial charge in [-0.05, 0) is 26.7 Å². The summed E-state index contributed by atoms with van der Waals surface area (Å²) in [5.74, 6) is 1.01. The summed E-state index contributed by atoms with van der Waals surface area (Å²) in [7, 11) is 0. The standard InChI is InChI=1S/C17H32N2O2/c1-13(2)17(20)15-11-16(12-15)19-7-5-18(6-8-19)9-10-21-14(3)4/h13-16H,5-12H2,1-4H3. The number of nitrogens with zero attached hydrogens (tertiary/aromatic N) is 2. The lowest BCUT2D eigenvalue weighted by Crippen LogP contribution is -2.55. The van der Waals surface area contributed by atoms with Crippen LogP contribution < -0.4 is 0 Å². The largest absolute Gasteiger partial charge is 0.377 e. The van der Waals surface area contributed by atoms with E-state index in [0.717, 1.165) is 52.2 Å². The van der Waals surface area contributed by atoms with Gasteiger partial charge in [0.1, 0.15) is 5.78 Å². The Kier molecular flexibility index (Phi) is 6.20. The zero-order valence-corrected chi connectivity index (χ0v) is 14.2. The van der Waals surface area contributed by atoms with Crippen molar-refractivity contribution in [1.29, 1.82) is 0 Å². The van der Waals surface area contributed by atoms with Crippen molar-refractivity contribution in [1.82, 2.24) is 9.80 Å². The van der Waals surface area contributed by atoms with Crippen LogP contribution in [0.4, 0.5) is 0 Å². The monoisotopic (exact) mass is 296 g/mol. The summed E-state index contributed by atoms with van der Waals surface area (Å²) in [5, 5.41) is 0. The van der Waals surface area contributed by atoms with Crippen LogP contribution in [0.2, 0.25) is 0 Å². The minimum atomic E-state index is 0.203. The second-order valence-electron chi connectivity index (χ2n) is 7.18. The molecule has 0 aromatic rings. The van der Waals surface area contributed by atoms with Gasteiger partial charge in [0.25, 0.3) is 0 Å². The molecule has 21 heavy (non-hydrogen) atoms. The van der Waals surface area contributed by atoms with Gasteiger partial charge in [0.15, 0.2) is 0 Å². The van der Waals surface area contributed by atoms with Crippen molar-refractivity contribution in [3.63, 3.8) is 0 Å². The van der Waals surface area contributed by atoms with E-state index in [1.165, 1.54) is 0 Å². The first-order valence-electron chi connectivity index (χ1n) is 8.59. The Morgan fingerprint density at radius 1 is 1.10 bits per heavy atom. The SMILES string of the molecule is CC(C)OCCN1CCN(C2CC(C(=O)C(C)C)C2)CC1. The Balaban J connectivity index is 1.61. The fourth-order valence-electron chi connectivity index (χ4n) is 3.36. The highest BCUT2D eigenvalue weighted by Crippen LogP contribution is 2.34. The van der Waals surface area contributed by atoms with Crippen LogP contribution in [0.5, 0.6) is 0 Å². The van der Waals surface area contributed by atoms with E-state index in [1.54, 1.807) is 0 Å². The van der Waals surface area contributed by atoms with Crippen LogP contribution in [0.15, 0.2) is 0 Å². The average molecular weight is 296 g/mol. The lowest BCUT2D eigenvalue weighted by atomic mass is 9.74. The maximum Gasteiger partial charge on any atom is 0.138 e. The van der Waals surface area contributed by atoms with Crippen molar-refractivity contribution in [2.24, 2.45) is 11.8 Å². The minimum Gasteiger partial charge on any atom is -0.377 e. The number of carbonyl (C=O) groups excluding carboxylic acids is 1. The van der Waals surface area contributed by atoms with E-state index in [1.807, 2.05) is 13.8 Å². The molecule has 1 aliphatic carbocycles. The molecule has 0 bridgehead atoms. The molecule has 1 heterocycles. The first-order chi connectivity index (χ1) is 9.97. The van der Waals surface area contributed by atoms with Crippen LogP contribution >= 0.6 is 0 Å². The van der Waals surface area contributed by atoms with E-state index < -0.39 is 0 Å². The number of hydrogen-bond donors (Lipinski definition) is 0. The molecule has 0 amide bonds. The highest BCUT2D eigenvalue weighted by atomic mass is 16.5. The third-order valence-electron chi connectivity index (χ3n) is 4.87. The summed E-state index contributed by atoms with van der Waals surface area (Å²) in [5.41, 5.74) is 0. The zero-order valence-electron chi connectivity index (χ0n) is 14.2. The summed E-state index contributed by atoms with van der Waals surface area (Å²) in [6.07, 6.45) is 2.51. The van der Waals surface area contributed by atoms with Crippen molar-refractivity contribution in [2.45, 2.75) is 52.7 Å². The highest BCUT2D eigenvalue weighted by molar-refractivity contribution is 5.83. The van der Waals surface area contributed by atoms with Crippen molar-refractivity contribution >= 4 is 5.78 Å². The number of piperazine rings is 1. The van der Waals surface area contributed by atoms with Crippen LogP contribution in [0, 0.1) is 11.8 Å². The molecule has 0 atom stereocenters. The number of Topliss-reactive ketones (excluding diaryl/α,β-unsaturated/α-hetero) is 1. The van der Waals surface area contributed by atoms with Crippen molar-refractivity contribution in [2.75, 3.05) is 39.3 Å². The van der Waals surface area contributed by atoms with Gasteiger partial charge in [-0.1, -0.05) is 13.8 Å². The van der Waals surface area contributed by atoms with Crippen molar-refractivity contribution in [3.05, 3.63) is 0 Å². The molecule has 0 aromatic heterocycles. The molecule has 1 aliphatic heterocycles. The fraction of sp³-hybridized carbons (Fsp3) is 0.941. The quantitative estimate of drug-likeness (QED) is 0.720. The molecule has 0 spiro atoms. The van der Waals surface area contributed by atoms with Crippen LogP contribution in [0.25, 0.3) is 0 Å². The minimum absolute atomic E-state index is 0.203. The summed E-state index contributed by atoms with van der Waals surface area (Å²) < 4.78 is 5.62. The second kappa shape index (κ2) is 7.70. The molecule has 0 N–H and O–H groups in total. The summed E-state index contributed by atoms with van der Waals surface area (Å²) in [6.45, 7) is 14.7. The second-order valence-corrected chi connectivity index (χ2v) is 7.18. The lowest BCUT2D eigenvalue weighted by Gasteiger charge is -2.46. The smallest absolute Gasteiger partial charge is 0.138 e. The predicted molar refractivity (Wildman–Crippen MR) is 85.5 cm³/mol. The van der Waals surface area contributed by atoms with Crippen LogP contribution in [-0.4, -0.2) is 67.1 Å². The average Bonchev–Trinajstić information content (AvgIpc) is 2.38.